The van der Waals surface area contributed by atoms with Crippen LogP contribution in [-0.2, 0) is 6.54 Å². The van der Waals surface area contributed by atoms with Crippen LogP contribution >= 0.6 is 0 Å². The predicted molar refractivity (Wildman–Crippen MR) is 126 cm³/mol. The summed E-state index contributed by atoms with van der Waals surface area (Å²) in [4.78, 5) is 12.4. The Morgan fingerprint density at radius 3 is 2.52 bits per heavy atom. The molecule has 0 saturated carbocycles. The van der Waals surface area contributed by atoms with E-state index in [1.54, 1.807) is 37.5 Å². The van der Waals surface area contributed by atoms with E-state index >= 15 is 0 Å². The number of carbonyl (C=O) groups is 1. The van der Waals surface area contributed by atoms with Crippen molar-refractivity contribution in [3.8, 4) is 5.75 Å². The van der Waals surface area contributed by atoms with Crippen molar-refractivity contribution in [1.29, 1.82) is 0 Å². The van der Waals surface area contributed by atoms with Crippen molar-refractivity contribution >= 4 is 17.3 Å². The van der Waals surface area contributed by atoms with E-state index in [4.69, 9.17) is 20.6 Å². The second kappa shape index (κ2) is 10.1. The van der Waals surface area contributed by atoms with Gasteiger partial charge in [-0.1, -0.05) is 6.07 Å². The zero-order chi connectivity index (χ0) is 22.2. The molecule has 0 radical (unpaired) electrons. The monoisotopic (exact) mass is 422 g/mol. The van der Waals surface area contributed by atoms with Gasteiger partial charge >= 0.3 is 0 Å². The first-order valence-corrected chi connectivity index (χ1v) is 9.72. The lowest BCUT2D eigenvalue weighted by Gasteiger charge is -2.09. The molecule has 0 aliphatic rings. The molecule has 3 aromatic rings. The van der Waals surface area contributed by atoms with Crippen molar-refractivity contribution in [3.05, 3.63) is 101 Å². The summed E-state index contributed by atoms with van der Waals surface area (Å²) in [6, 6.07) is 18.2. The summed E-state index contributed by atoms with van der Waals surface area (Å²) in [5.41, 5.74) is 14.8. The highest BCUT2D eigenvalue weighted by atomic mass is 16.5. The molecule has 0 spiro atoms. The molecular weight excluding hydrogens is 392 g/mol. The van der Waals surface area contributed by atoms with E-state index < -0.39 is 0 Å². The van der Waals surface area contributed by atoms with Gasteiger partial charge in [0.25, 0.3) is 5.91 Å². The SMILES string of the molecule is COc1ccc(/C(N)=C/C=C(\N)Nc2cccc(C(=O)NCc3ccc(C)o3)c2)cc1.[HH].[HH]. The average molecular weight is 423 g/mol. The first-order valence-electron chi connectivity index (χ1n) is 9.72. The molecule has 1 amide bonds. The number of benzene rings is 2. The molecule has 7 heteroatoms. The molecule has 3 rings (SSSR count). The minimum absolute atomic E-state index is 0. The van der Waals surface area contributed by atoms with Crippen LogP contribution in [0.5, 0.6) is 5.75 Å². The maximum atomic E-state index is 12.4. The van der Waals surface area contributed by atoms with E-state index in [9.17, 15) is 4.79 Å². The highest BCUT2D eigenvalue weighted by molar-refractivity contribution is 5.95. The summed E-state index contributed by atoms with van der Waals surface area (Å²) < 4.78 is 10.6. The number of aryl methyl sites for hydroxylation is 1. The van der Waals surface area contributed by atoms with E-state index in [2.05, 4.69) is 10.6 Å². The lowest BCUT2D eigenvalue weighted by atomic mass is 10.1. The number of ether oxygens (including phenoxy) is 1. The second-order valence-corrected chi connectivity index (χ2v) is 6.87. The van der Waals surface area contributed by atoms with Gasteiger partial charge in [0.15, 0.2) is 0 Å². The number of nitrogens with two attached hydrogens (primary N) is 2. The van der Waals surface area contributed by atoms with E-state index in [1.165, 1.54) is 0 Å². The molecule has 31 heavy (non-hydrogen) atoms. The molecule has 0 saturated heterocycles. The molecule has 0 bridgehead atoms. The molecule has 1 heterocycles. The summed E-state index contributed by atoms with van der Waals surface area (Å²) in [7, 11) is 1.61. The van der Waals surface area contributed by atoms with Crippen molar-refractivity contribution in [2.75, 3.05) is 12.4 Å². The van der Waals surface area contributed by atoms with Crippen LogP contribution in [0.2, 0.25) is 0 Å². The second-order valence-electron chi connectivity index (χ2n) is 6.87. The molecule has 0 atom stereocenters. The van der Waals surface area contributed by atoms with Gasteiger partial charge in [0.05, 0.1) is 13.7 Å². The van der Waals surface area contributed by atoms with Crippen LogP contribution < -0.4 is 26.8 Å². The third kappa shape index (κ3) is 6.17. The Morgan fingerprint density at radius 1 is 1.06 bits per heavy atom. The fraction of sp³-hybridized carbons (Fsp3) is 0.125. The molecule has 0 aliphatic carbocycles. The molecule has 1 aromatic heterocycles. The zero-order valence-corrected chi connectivity index (χ0v) is 17.5. The van der Waals surface area contributed by atoms with Crippen LogP contribution in [0.3, 0.4) is 0 Å². The summed E-state index contributed by atoms with van der Waals surface area (Å²) in [5, 5.41) is 5.89. The topological polar surface area (TPSA) is 116 Å². The highest BCUT2D eigenvalue weighted by Crippen LogP contribution is 2.16. The van der Waals surface area contributed by atoms with Gasteiger partial charge in [-0.15, -0.1) is 0 Å². The Morgan fingerprint density at radius 2 is 1.84 bits per heavy atom. The number of amides is 1. The van der Waals surface area contributed by atoms with Crippen LogP contribution in [0, 0.1) is 6.92 Å². The van der Waals surface area contributed by atoms with E-state index in [0.29, 0.717) is 35.1 Å². The first-order chi connectivity index (χ1) is 14.9. The van der Waals surface area contributed by atoms with Gasteiger partial charge in [0.1, 0.15) is 23.1 Å². The minimum atomic E-state index is -0.205. The van der Waals surface area contributed by atoms with Gasteiger partial charge in [-0.25, -0.2) is 0 Å². The fourth-order valence-corrected chi connectivity index (χ4v) is 2.86. The number of nitrogens with one attached hydrogen (secondary N) is 2. The normalized spacial score (nSPS) is 11.8. The van der Waals surface area contributed by atoms with E-state index in [0.717, 1.165) is 17.1 Å². The number of methoxy groups -OCH3 is 1. The quantitative estimate of drug-likeness (QED) is 0.404. The Hall–Kier alpha value is -4.13. The molecule has 7 nitrogen and oxygen atoms in total. The van der Waals surface area contributed by atoms with Crippen LogP contribution in [-0.4, -0.2) is 13.0 Å². The van der Waals surface area contributed by atoms with Crippen molar-refractivity contribution in [1.82, 2.24) is 5.32 Å². The molecule has 0 unspecified atom stereocenters. The van der Waals surface area contributed by atoms with Gasteiger partial charge in [0.2, 0.25) is 0 Å². The molecule has 2 aromatic carbocycles. The third-order valence-electron chi connectivity index (χ3n) is 4.50. The van der Waals surface area contributed by atoms with Gasteiger partial charge in [-0.2, -0.15) is 0 Å². The number of allylic oxidation sites excluding steroid dienone is 2. The van der Waals surface area contributed by atoms with Crippen LogP contribution in [0.4, 0.5) is 5.69 Å². The van der Waals surface area contributed by atoms with Crippen LogP contribution in [0.1, 0.15) is 30.3 Å². The third-order valence-corrected chi connectivity index (χ3v) is 4.50. The molecule has 6 N–H and O–H groups in total. The Bertz CT molecular complexity index is 1110. The maximum Gasteiger partial charge on any atom is 0.251 e. The minimum Gasteiger partial charge on any atom is -0.497 e. The van der Waals surface area contributed by atoms with Gasteiger partial charge in [-0.3, -0.25) is 4.79 Å². The summed E-state index contributed by atoms with van der Waals surface area (Å²) in [6.07, 6.45) is 3.39. The summed E-state index contributed by atoms with van der Waals surface area (Å²) in [5.74, 6) is 2.45. The zero-order valence-electron chi connectivity index (χ0n) is 17.5. The maximum absolute atomic E-state index is 12.4. The summed E-state index contributed by atoms with van der Waals surface area (Å²) >= 11 is 0. The number of carbonyl (C=O) groups excluding carboxylic acids is 1. The Balaban J connectivity index is 0.00000272. The van der Waals surface area contributed by atoms with Crippen LogP contribution in [0.25, 0.3) is 5.70 Å². The smallest absolute Gasteiger partial charge is 0.251 e. The molecule has 0 fully saturated rings. The number of furan rings is 1. The van der Waals surface area contributed by atoms with E-state index in [-0.39, 0.29) is 8.76 Å². The largest absolute Gasteiger partial charge is 0.497 e. The number of anilines is 1. The van der Waals surface area contributed by atoms with E-state index in [1.807, 2.05) is 49.4 Å². The molecule has 164 valence electrons. The molecule has 0 aliphatic heterocycles. The summed E-state index contributed by atoms with van der Waals surface area (Å²) in [6.45, 7) is 2.18. The van der Waals surface area contributed by atoms with Crippen molar-refractivity contribution in [2.24, 2.45) is 11.5 Å². The predicted octanol–water partition coefficient (Wildman–Crippen LogP) is 4.23. The van der Waals surface area contributed by atoms with Crippen molar-refractivity contribution in [3.63, 3.8) is 0 Å². The first kappa shape index (κ1) is 21.6. The highest BCUT2D eigenvalue weighted by Gasteiger charge is 2.08. The van der Waals surface area contributed by atoms with Crippen molar-refractivity contribution < 1.29 is 16.8 Å². The lowest BCUT2D eigenvalue weighted by molar-refractivity contribution is 0.0948. The Labute approximate surface area is 184 Å². The number of rotatable bonds is 8. The van der Waals surface area contributed by atoms with Gasteiger partial charge < -0.3 is 31.3 Å². The Kier molecular flexibility index (Phi) is 7.01. The average Bonchev–Trinajstić information content (AvgIpc) is 3.21. The fourth-order valence-electron chi connectivity index (χ4n) is 2.86. The van der Waals surface area contributed by atoms with Gasteiger partial charge in [-0.05, 0) is 79.2 Å². The van der Waals surface area contributed by atoms with Crippen molar-refractivity contribution in [2.45, 2.75) is 13.5 Å². The van der Waals surface area contributed by atoms with Gasteiger partial charge in [0, 0.05) is 19.8 Å². The standard InChI is InChI=1S/C24H26N4O3.2H2/c1-16-6-9-21(31-16)15-27-24(29)18-4-3-5-19(14-18)28-23(26)13-12-22(25)17-7-10-20(30-2)11-8-17;;/h3-14,28H,15,25-26H2,1-2H3,(H,27,29);2*1H/b22-12-,23-13+;;. The molecular formula is C24H30N4O3. The van der Waals surface area contributed by atoms with Crippen LogP contribution in [0.15, 0.2) is 83.1 Å². The number of hydrogen-bond donors (Lipinski definition) is 4. The lowest BCUT2D eigenvalue weighted by Crippen LogP contribution is -2.22. The number of hydrogen-bond acceptors (Lipinski definition) is 6.